The maximum atomic E-state index is 13.0. The Labute approximate surface area is 181 Å². The Bertz CT molecular complexity index is 978. The normalized spacial score (nSPS) is 19.6. The van der Waals surface area contributed by atoms with Gasteiger partial charge in [0.15, 0.2) is 0 Å². The van der Waals surface area contributed by atoms with Crippen molar-refractivity contribution in [2.75, 3.05) is 50.0 Å². The number of piperazine rings is 1. The van der Waals surface area contributed by atoms with Gasteiger partial charge in [-0.15, -0.1) is 0 Å². The summed E-state index contributed by atoms with van der Waals surface area (Å²) < 4.78 is 5.01. The lowest BCUT2D eigenvalue weighted by atomic mass is 10.1. The summed E-state index contributed by atoms with van der Waals surface area (Å²) in [6.07, 6.45) is 2.98. The fourth-order valence-electron chi connectivity index (χ4n) is 4.20. The molecule has 2 fully saturated rings. The van der Waals surface area contributed by atoms with E-state index in [1.165, 1.54) is 18.9 Å². The molecule has 2 saturated heterocycles. The highest BCUT2D eigenvalue weighted by Crippen LogP contribution is 2.24. The van der Waals surface area contributed by atoms with Gasteiger partial charge in [0.1, 0.15) is 11.8 Å². The van der Waals surface area contributed by atoms with Crippen LogP contribution in [0.2, 0.25) is 0 Å². The van der Waals surface area contributed by atoms with Crippen molar-refractivity contribution >= 4 is 23.2 Å². The Morgan fingerprint density at radius 2 is 1.97 bits per heavy atom. The third-order valence-electron chi connectivity index (χ3n) is 6.05. The van der Waals surface area contributed by atoms with E-state index in [0.717, 1.165) is 24.5 Å². The van der Waals surface area contributed by atoms with Gasteiger partial charge in [-0.25, -0.2) is 0 Å². The molecule has 0 saturated carbocycles. The van der Waals surface area contributed by atoms with Crippen LogP contribution in [0.4, 0.5) is 11.4 Å². The smallest absolute Gasteiger partial charge is 0.280 e. The number of amides is 2. The van der Waals surface area contributed by atoms with Crippen molar-refractivity contribution in [3.05, 3.63) is 46.4 Å². The first-order chi connectivity index (χ1) is 15.0. The number of hydrogen-bond acceptors (Lipinski definition) is 6. The zero-order chi connectivity index (χ0) is 21.8. The second-order valence-corrected chi connectivity index (χ2v) is 8.25. The van der Waals surface area contributed by atoms with Gasteiger partial charge in [-0.1, -0.05) is 6.07 Å². The maximum Gasteiger partial charge on any atom is 0.280 e. The molecule has 4 rings (SSSR count). The van der Waals surface area contributed by atoms with E-state index in [0.29, 0.717) is 31.8 Å². The minimum Gasteiger partial charge on any atom is -0.384 e. The quantitative estimate of drug-likeness (QED) is 0.720. The topological polar surface area (TPSA) is 102 Å². The second-order valence-electron chi connectivity index (χ2n) is 8.25. The fourth-order valence-corrected chi connectivity index (χ4v) is 4.20. The molecule has 0 aliphatic carbocycles. The van der Waals surface area contributed by atoms with Gasteiger partial charge in [0.25, 0.3) is 5.56 Å². The lowest BCUT2D eigenvalue weighted by molar-refractivity contribution is -0.136. The zero-order valence-corrected chi connectivity index (χ0v) is 17.8. The molecule has 0 radical (unpaired) electrons. The molecule has 2 N–H and O–H groups in total. The molecule has 0 bridgehead atoms. The molecule has 9 nitrogen and oxygen atoms in total. The van der Waals surface area contributed by atoms with Crippen LogP contribution in [0, 0.1) is 0 Å². The number of rotatable bonds is 6. The average Bonchev–Trinajstić information content (AvgIpc) is 3.44. The van der Waals surface area contributed by atoms with E-state index in [1.807, 2.05) is 30.1 Å². The van der Waals surface area contributed by atoms with Gasteiger partial charge in [-0.3, -0.25) is 19.3 Å². The molecule has 2 amide bonds. The highest BCUT2D eigenvalue weighted by Gasteiger charge is 2.32. The summed E-state index contributed by atoms with van der Waals surface area (Å²) >= 11 is 0. The number of nitrogens with zero attached hydrogens (tertiary/aromatic N) is 3. The summed E-state index contributed by atoms with van der Waals surface area (Å²) in [6, 6.07) is 8.87. The number of anilines is 2. The molecule has 9 heteroatoms. The van der Waals surface area contributed by atoms with Crippen molar-refractivity contribution in [3.63, 3.8) is 0 Å². The van der Waals surface area contributed by atoms with E-state index >= 15 is 0 Å². The maximum absolute atomic E-state index is 13.0. The minimum atomic E-state index is -0.418. The summed E-state index contributed by atoms with van der Waals surface area (Å²) in [6.45, 7) is 3.62. The van der Waals surface area contributed by atoms with E-state index in [1.54, 1.807) is 4.90 Å². The van der Waals surface area contributed by atoms with E-state index in [9.17, 15) is 14.4 Å². The molecule has 2 aliphatic heterocycles. The predicted octanol–water partition coefficient (Wildman–Crippen LogP) is 1.28. The van der Waals surface area contributed by atoms with Crippen LogP contribution in [0.3, 0.4) is 0 Å². The van der Waals surface area contributed by atoms with Gasteiger partial charge in [0, 0.05) is 63.0 Å². The number of aromatic amines is 1. The molecular formula is C22H29N5O4. The summed E-state index contributed by atoms with van der Waals surface area (Å²) in [5.74, 6) is 0.292. The summed E-state index contributed by atoms with van der Waals surface area (Å²) in [5, 5.41) is 5.25. The molecule has 1 aromatic carbocycles. The lowest BCUT2D eigenvalue weighted by Gasteiger charge is -2.38. The first kappa shape index (κ1) is 21.2. The summed E-state index contributed by atoms with van der Waals surface area (Å²) in [5.41, 5.74) is 1.59. The van der Waals surface area contributed by atoms with Crippen molar-refractivity contribution < 1.29 is 14.1 Å². The average molecular weight is 428 g/mol. The largest absolute Gasteiger partial charge is 0.384 e. The van der Waals surface area contributed by atoms with Gasteiger partial charge >= 0.3 is 0 Å². The van der Waals surface area contributed by atoms with Gasteiger partial charge in [-0.05, 0) is 38.1 Å². The summed E-state index contributed by atoms with van der Waals surface area (Å²) in [4.78, 5) is 42.8. The van der Waals surface area contributed by atoms with Crippen LogP contribution < -0.4 is 15.8 Å². The van der Waals surface area contributed by atoms with Crippen molar-refractivity contribution in [2.24, 2.45) is 0 Å². The van der Waals surface area contributed by atoms with Crippen LogP contribution in [0.1, 0.15) is 25.0 Å². The first-order valence-electron chi connectivity index (χ1n) is 10.8. The third-order valence-corrected chi connectivity index (χ3v) is 6.05. The van der Waals surface area contributed by atoms with Gasteiger partial charge in [0.2, 0.25) is 11.8 Å². The van der Waals surface area contributed by atoms with Crippen LogP contribution in [0.15, 0.2) is 39.6 Å². The van der Waals surface area contributed by atoms with E-state index in [2.05, 4.69) is 21.4 Å². The number of likely N-dealkylation sites (N-methyl/N-ethyl adjacent to an activating group) is 1. The van der Waals surface area contributed by atoms with Crippen LogP contribution >= 0.6 is 0 Å². The number of carbonyl (C=O) groups is 2. The van der Waals surface area contributed by atoms with Crippen LogP contribution in [-0.2, 0) is 16.0 Å². The highest BCUT2D eigenvalue weighted by atomic mass is 16.5. The molecule has 1 unspecified atom stereocenters. The first-order valence-corrected chi connectivity index (χ1v) is 10.8. The lowest BCUT2D eigenvalue weighted by Crippen LogP contribution is -2.57. The fraction of sp³-hybridized carbons (Fsp3) is 0.500. The number of H-pyrrole nitrogens is 1. The standard InChI is InChI=1S/C22H29N5O4/c1-25-11-12-27(21(29)8-7-18-14-20(28)24-31-18)15-19(25)22(30)23-16-5-4-6-17(13-16)26-9-2-3-10-26/h4-6,13-14,19H,2-3,7-12,15H2,1H3,(H,23,30)(H,24,28). The minimum absolute atomic E-state index is 0.0502. The molecule has 3 heterocycles. The van der Waals surface area contributed by atoms with Crippen molar-refractivity contribution in [1.29, 1.82) is 0 Å². The Morgan fingerprint density at radius 1 is 1.16 bits per heavy atom. The number of aromatic nitrogens is 1. The third kappa shape index (κ3) is 5.16. The Balaban J connectivity index is 1.35. The monoisotopic (exact) mass is 427 g/mol. The van der Waals surface area contributed by atoms with E-state index < -0.39 is 6.04 Å². The molecule has 2 aromatic rings. The van der Waals surface area contributed by atoms with Gasteiger partial charge in [0.05, 0.1) is 0 Å². The molecule has 166 valence electrons. The molecule has 2 aliphatic rings. The van der Waals surface area contributed by atoms with E-state index in [-0.39, 0.29) is 23.8 Å². The molecule has 31 heavy (non-hydrogen) atoms. The molecule has 1 aromatic heterocycles. The zero-order valence-electron chi connectivity index (χ0n) is 17.8. The molecule has 0 spiro atoms. The van der Waals surface area contributed by atoms with Crippen molar-refractivity contribution in [3.8, 4) is 0 Å². The molecule has 1 atom stereocenters. The Kier molecular flexibility index (Phi) is 6.41. The number of benzene rings is 1. The summed E-state index contributed by atoms with van der Waals surface area (Å²) in [7, 11) is 1.90. The Morgan fingerprint density at radius 3 is 2.71 bits per heavy atom. The van der Waals surface area contributed by atoms with Crippen LogP contribution in [0.5, 0.6) is 0 Å². The van der Waals surface area contributed by atoms with Crippen LogP contribution in [0.25, 0.3) is 0 Å². The molecular weight excluding hydrogens is 398 g/mol. The number of aryl methyl sites for hydroxylation is 1. The van der Waals surface area contributed by atoms with Crippen LogP contribution in [-0.4, -0.2) is 72.6 Å². The number of hydrogen-bond donors (Lipinski definition) is 2. The second kappa shape index (κ2) is 9.38. The number of carbonyl (C=O) groups excluding carboxylic acids is 2. The SMILES string of the molecule is CN1CCN(C(=O)CCc2cc(=O)[nH]o2)CC1C(=O)Nc1cccc(N2CCCC2)c1. The highest BCUT2D eigenvalue weighted by molar-refractivity contribution is 5.96. The van der Waals surface area contributed by atoms with E-state index in [4.69, 9.17) is 4.52 Å². The van der Waals surface area contributed by atoms with Gasteiger partial charge in [-0.2, -0.15) is 5.16 Å². The van der Waals surface area contributed by atoms with Crippen molar-refractivity contribution in [1.82, 2.24) is 15.0 Å². The number of nitrogens with one attached hydrogen (secondary N) is 2. The van der Waals surface area contributed by atoms with Gasteiger partial charge < -0.3 is 19.6 Å². The Hall–Kier alpha value is -3.07. The predicted molar refractivity (Wildman–Crippen MR) is 117 cm³/mol. The van der Waals surface area contributed by atoms with Crippen molar-refractivity contribution in [2.45, 2.75) is 31.7 Å².